The van der Waals surface area contributed by atoms with Gasteiger partial charge in [-0.05, 0) is 30.3 Å². The number of guanidine groups is 1. The Kier molecular flexibility index (Phi) is 9.68. The Bertz CT molecular complexity index is 877. The maximum atomic E-state index is 12.7. The maximum Gasteiger partial charge on any atom is 0.573 e. The molecule has 0 bridgehead atoms. The van der Waals surface area contributed by atoms with Crippen molar-refractivity contribution in [2.24, 2.45) is 10.7 Å². The van der Waals surface area contributed by atoms with Crippen LogP contribution < -0.4 is 20.5 Å². The molecule has 0 spiro atoms. The Balaban J connectivity index is 0.00000480. The van der Waals surface area contributed by atoms with Crippen LogP contribution in [-0.2, 0) is 6.18 Å². The van der Waals surface area contributed by atoms with Crippen LogP contribution in [0.1, 0.15) is 5.56 Å². The average molecular weight is 565 g/mol. The molecule has 13 heteroatoms. The van der Waals surface area contributed by atoms with Gasteiger partial charge in [0.1, 0.15) is 18.5 Å². The van der Waals surface area contributed by atoms with E-state index < -0.39 is 30.0 Å². The largest absolute Gasteiger partial charge is 0.573 e. The van der Waals surface area contributed by atoms with Gasteiger partial charge < -0.3 is 25.6 Å². The predicted molar refractivity (Wildman–Crippen MR) is 112 cm³/mol. The summed E-state index contributed by atoms with van der Waals surface area (Å²) in [6, 6.07) is 9.22. The SMILES string of the molecule is I.NC(=NCC(O)COc1cccc(C(F)(F)F)c1)Nc1ccccc1OC(F)(F)F. The molecule has 0 fully saturated rings. The molecule has 2 aromatic rings. The summed E-state index contributed by atoms with van der Waals surface area (Å²) < 4.78 is 84.2. The molecule has 172 valence electrons. The Morgan fingerprint density at radius 1 is 1.06 bits per heavy atom. The van der Waals surface area contributed by atoms with Crippen LogP contribution in [0.5, 0.6) is 11.5 Å². The van der Waals surface area contributed by atoms with Crippen LogP contribution in [-0.4, -0.2) is 36.7 Å². The number of ether oxygens (including phenoxy) is 2. The van der Waals surface area contributed by atoms with Gasteiger partial charge >= 0.3 is 12.5 Å². The van der Waals surface area contributed by atoms with Gasteiger partial charge in [-0.15, -0.1) is 37.1 Å². The molecule has 2 rings (SSSR count). The lowest BCUT2D eigenvalue weighted by molar-refractivity contribution is -0.274. The van der Waals surface area contributed by atoms with Crippen LogP contribution in [0, 0.1) is 0 Å². The quantitative estimate of drug-likeness (QED) is 0.201. The third kappa shape index (κ3) is 9.50. The minimum absolute atomic E-state index is 0. The van der Waals surface area contributed by atoms with Crippen molar-refractivity contribution in [2.75, 3.05) is 18.5 Å². The lowest BCUT2D eigenvalue weighted by Gasteiger charge is -2.15. The molecule has 0 amide bonds. The summed E-state index contributed by atoms with van der Waals surface area (Å²) >= 11 is 0. The zero-order valence-corrected chi connectivity index (χ0v) is 17.9. The molecule has 1 unspecified atom stereocenters. The number of halogens is 7. The van der Waals surface area contributed by atoms with Gasteiger partial charge in [-0.25, -0.2) is 0 Å². The Labute approximate surface area is 190 Å². The normalized spacial score (nSPS) is 13.2. The molecule has 0 aliphatic rings. The number of anilines is 1. The fourth-order valence-electron chi connectivity index (χ4n) is 2.17. The van der Waals surface area contributed by atoms with Gasteiger partial charge in [-0.1, -0.05) is 18.2 Å². The maximum absolute atomic E-state index is 12.7. The highest BCUT2D eigenvalue weighted by atomic mass is 127. The summed E-state index contributed by atoms with van der Waals surface area (Å²) in [4.78, 5) is 3.76. The summed E-state index contributed by atoms with van der Waals surface area (Å²) in [6.07, 6.45) is -10.7. The standard InChI is InChI=1S/C18H17F6N3O3.HI/c19-17(20,21)11-4-3-5-13(8-11)29-10-12(28)9-26-16(25)27-14-6-1-2-7-15(14)30-18(22,23)24;/h1-8,12,28H,9-10H2,(H3,25,26,27);1H. The van der Waals surface area contributed by atoms with E-state index in [2.05, 4.69) is 15.0 Å². The van der Waals surface area contributed by atoms with Crippen molar-refractivity contribution >= 4 is 35.6 Å². The second-order valence-electron chi connectivity index (χ2n) is 5.89. The Morgan fingerprint density at radius 2 is 1.74 bits per heavy atom. The molecule has 31 heavy (non-hydrogen) atoms. The highest BCUT2D eigenvalue weighted by Crippen LogP contribution is 2.31. The van der Waals surface area contributed by atoms with Crippen molar-refractivity contribution in [1.29, 1.82) is 0 Å². The third-order valence-electron chi connectivity index (χ3n) is 3.45. The Hall–Kier alpha value is -2.42. The van der Waals surface area contributed by atoms with E-state index in [0.717, 1.165) is 24.3 Å². The van der Waals surface area contributed by atoms with Crippen LogP contribution in [0.4, 0.5) is 32.0 Å². The van der Waals surface area contributed by atoms with E-state index in [-0.39, 0.29) is 54.5 Å². The van der Waals surface area contributed by atoms with Gasteiger partial charge in [-0.3, -0.25) is 4.99 Å². The first-order valence-electron chi connectivity index (χ1n) is 8.34. The molecule has 2 aromatic carbocycles. The van der Waals surface area contributed by atoms with E-state index in [4.69, 9.17) is 10.5 Å². The average Bonchev–Trinajstić information content (AvgIpc) is 2.65. The molecule has 6 nitrogen and oxygen atoms in total. The number of nitrogens with two attached hydrogens (primary N) is 1. The van der Waals surface area contributed by atoms with Crippen LogP contribution in [0.15, 0.2) is 53.5 Å². The van der Waals surface area contributed by atoms with E-state index >= 15 is 0 Å². The number of rotatable bonds is 7. The van der Waals surface area contributed by atoms with Gasteiger partial charge in [0.15, 0.2) is 11.7 Å². The first kappa shape index (κ1) is 26.6. The van der Waals surface area contributed by atoms with Crippen molar-refractivity contribution in [3.8, 4) is 11.5 Å². The third-order valence-corrected chi connectivity index (χ3v) is 3.45. The molecule has 0 radical (unpaired) electrons. The number of para-hydroxylation sites is 2. The van der Waals surface area contributed by atoms with Crippen molar-refractivity contribution in [3.63, 3.8) is 0 Å². The number of benzene rings is 2. The second-order valence-corrected chi connectivity index (χ2v) is 5.89. The molecule has 0 aliphatic heterocycles. The highest BCUT2D eigenvalue weighted by Gasteiger charge is 2.32. The molecule has 0 heterocycles. The Morgan fingerprint density at radius 3 is 2.39 bits per heavy atom. The lowest BCUT2D eigenvalue weighted by Crippen LogP contribution is -2.27. The molecule has 1 atom stereocenters. The van der Waals surface area contributed by atoms with Crippen molar-refractivity contribution < 1.29 is 40.9 Å². The molecule has 4 N–H and O–H groups in total. The van der Waals surface area contributed by atoms with Gasteiger partial charge in [-0.2, -0.15) is 13.2 Å². The zero-order valence-electron chi connectivity index (χ0n) is 15.6. The minimum atomic E-state index is -4.90. The van der Waals surface area contributed by atoms with Crippen molar-refractivity contribution in [1.82, 2.24) is 0 Å². The smallest absolute Gasteiger partial charge is 0.491 e. The monoisotopic (exact) mass is 565 g/mol. The zero-order chi connectivity index (χ0) is 22.4. The van der Waals surface area contributed by atoms with E-state index in [0.29, 0.717) is 0 Å². The van der Waals surface area contributed by atoms with Crippen molar-refractivity contribution in [2.45, 2.75) is 18.6 Å². The number of aliphatic hydroxyl groups excluding tert-OH is 1. The fraction of sp³-hybridized carbons (Fsp3) is 0.278. The van der Waals surface area contributed by atoms with Gasteiger partial charge in [0.25, 0.3) is 0 Å². The fourth-order valence-corrected chi connectivity index (χ4v) is 2.17. The predicted octanol–water partition coefficient (Wildman–Crippen LogP) is 4.39. The van der Waals surface area contributed by atoms with E-state index in [9.17, 15) is 31.4 Å². The van der Waals surface area contributed by atoms with Crippen LogP contribution in [0.2, 0.25) is 0 Å². The topological polar surface area (TPSA) is 89.1 Å². The highest BCUT2D eigenvalue weighted by molar-refractivity contribution is 14.0. The summed E-state index contributed by atoms with van der Waals surface area (Å²) in [5.41, 5.74) is 4.58. The molecule has 0 saturated carbocycles. The van der Waals surface area contributed by atoms with Gasteiger partial charge in [0, 0.05) is 0 Å². The lowest BCUT2D eigenvalue weighted by atomic mass is 10.2. The first-order chi connectivity index (χ1) is 13.9. The molecule has 0 aliphatic carbocycles. The first-order valence-corrected chi connectivity index (χ1v) is 8.34. The van der Waals surface area contributed by atoms with Crippen molar-refractivity contribution in [3.05, 3.63) is 54.1 Å². The van der Waals surface area contributed by atoms with Crippen LogP contribution in [0.25, 0.3) is 0 Å². The van der Waals surface area contributed by atoms with Crippen LogP contribution in [0.3, 0.4) is 0 Å². The number of nitrogens with zero attached hydrogens (tertiary/aromatic N) is 1. The van der Waals surface area contributed by atoms with Gasteiger partial charge in [0.2, 0.25) is 0 Å². The summed E-state index contributed by atoms with van der Waals surface area (Å²) in [7, 11) is 0. The number of aliphatic hydroxyl groups is 1. The number of hydrogen-bond acceptors (Lipinski definition) is 4. The number of hydrogen-bond donors (Lipinski definition) is 3. The molecular formula is C18H18F6IN3O3. The number of aliphatic imine (C=N–C) groups is 1. The summed E-state index contributed by atoms with van der Waals surface area (Å²) in [6.45, 7) is -0.702. The van der Waals surface area contributed by atoms with E-state index in [1.165, 1.54) is 24.3 Å². The summed E-state index contributed by atoms with van der Waals surface area (Å²) in [5.74, 6) is -0.944. The van der Waals surface area contributed by atoms with E-state index in [1.807, 2.05) is 0 Å². The number of nitrogens with one attached hydrogen (secondary N) is 1. The second kappa shape index (κ2) is 11.3. The molecule has 0 saturated heterocycles. The van der Waals surface area contributed by atoms with Crippen LogP contribution >= 0.6 is 24.0 Å². The minimum Gasteiger partial charge on any atom is -0.491 e. The van der Waals surface area contributed by atoms with E-state index in [1.54, 1.807) is 0 Å². The molecular weight excluding hydrogens is 547 g/mol. The number of alkyl halides is 6. The molecule has 0 aromatic heterocycles. The van der Waals surface area contributed by atoms with Gasteiger partial charge in [0.05, 0.1) is 17.8 Å². The summed E-state index contributed by atoms with van der Waals surface area (Å²) in [5, 5.41) is 12.3.